The number of alkyl halides is 3. The van der Waals surface area contributed by atoms with Crippen LogP contribution >= 0.6 is 0 Å². The van der Waals surface area contributed by atoms with Crippen LogP contribution in [-0.4, -0.2) is 11.6 Å². The number of rotatable bonds is 5. The SMILES string of the molecule is CCC(C)COc1ncc(C(C)C)cc1C(F)(F)F. The van der Waals surface area contributed by atoms with Gasteiger partial charge in [0.1, 0.15) is 5.56 Å². The minimum absolute atomic E-state index is 0.00258. The average Bonchev–Trinajstić information content (AvgIpc) is 2.34. The molecule has 0 aliphatic carbocycles. The molecule has 0 aromatic carbocycles. The quantitative estimate of drug-likeness (QED) is 0.780. The number of pyridine rings is 1. The highest BCUT2D eigenvalue weighted by Crippen LogP contribution is 2.36. The Bertz CT molecular complexity index is 416. The van der Waals surface area contributed by atoms with E-state index in [0.717, 1.165) is 12.5 Å². The molecule has 0 saturated carbocycles. The van der Waals surface area contributed by atoms with Crippen molar-refractivity contribution in [3.63, 3.8) is 0 Å². The van der Waals surface area contributed by atoms with Crippen LogP contribution in [0.2, 0.25) is 0 Å². The smallest absolute Gasteiger partial charge is 0.421 e. The molecule has 1 unspecified atom stereocenters. The Kier molecular flexibility index (Phi) is 5.20. The van der Waals surface area contributed by atoms with E-state index in [2.05, 4.69) is 4.98 Å². The minimum atomic E-state index is -4.44. The number of aromatic nitrogens is 1. The van der Waals surface area contributed by atoms with Gasteiger partial charge in [0.25, 0.3) is 0 Å². The molecule has 0 amide bonds. The van der Waals surface area contributed by atoms with Crippen molar-refractivity contribution in [1.29, 1.82) is 0 Å². The number of halogens is 3. The highest BCUT2D eigenvalue weighted by Gasteiger charge is 2.36. The van der Waals surface area contributed by atoms with E-state index in [9.17, 15) is 13.2 Å². The summed E-state index contributed by atoms with van der Waals surface area (Å²) in [7, 11) is 0. The van der Waals surface area contributed by atoms with Crippen molar-refractivity contribution in [2.75, 3.05) is 6.61 Å². The first-order valence-electron chi connectivity index (χ1n) is 6.45. The van der Waals surface area contributed by atoms with Crippen molar-refractivity contribution in [3.8, 4) is 5.88 Å². The summed E-state index contributed by atoms with van der Waals surface area (Å²) in [6.07, 6.45) is -2.14. The molecule has 108 valence electrons. The van der Waals surface area contributed by atoms with Gasteiger partial charge in [-0.15, -0.1) is 0 Å². The fourth-order valence-electron chi connectivity index (χ4n) is 1.44. The van der Waals surface area contributed by atoms with E-state index in [1.807, 2.05) is 27.7 Å². The monoisotopic (exact) mass is 275 g/mol. The number of ether oxygens (including phenoxy) is 1. The Hall–Kier alpha value is -1.26. The van der Waals surface area contributed by atoms with Gasteiger partial charge in [-0.05, 0) is 23.5 Å². The molecule has 0 aliphatic heterocycles. The molecule has 0 radical (unpaired) electrons. The van der Waals surface area contributed by atoms with Gasteiger partial charge in [0.15, 0.2) is 0 Å². The third kappa shape index (κ3) is 4.40. The van der Waals surface area contributed by atoms with Crippen LogP contribution in [0.25, 0.3) is 0 Å². The van der Waals surface area contributed by atoms with E-state index < -0.39 is 11.7 Å². The molecular formula is C14H20F3NO. The molecular weight excluding hydrogens is 255 g/mol. The van der Waals surface area contributed by atoms with Crippen molar-refractivity contribution < 1.29 is 17.9 Å². The van der Waals surface area contributed by atoms with Crippen LogP contribution in [0, 0.1) is 5.92 Å². The zero-order chi connectivity index (χ0) is 14.6. The van der Waals surface area contributed by atoms with E-state index >= 15 is 0 Å². The topological polar surface area (TPSA) is 22.1 Å². The highest BCUT2D eigenvalue weighted by atomic mass is 19.4. The summed E-state index contributed by atoms with van der Waals surface area (Å²) in [5.74, 6) is -0.123. The maximum absolute atomic E-state index is 13.0. The van der Waals surface area contributed by atoms with Gasteiger partial charge in [-0.1, -0.05) is 34.1 Å². The van der Waals surface area contributed by atoms with Crippen LogP contribution in [0.4, 0.5) is 13.2 Å². The molecule has 0 bridgehead atoms. The molecule has 0 spiro atoms. The highest BCUT2D eigenvalue weighted by molar-refractivity contribution is 5.33. The zero-order valence-corrected chi connectivity index (χ0v) is 11.7. The number of hydrogen-bond donors (Lipinski definition) is 0. The Morgan fingerprint density at radius 1 is 1.26 bits per heavy atom. The Morgan fingerprint density at radius 3 is 2.37 bits per heavy atom. The lowest BCUT2D eigenvalue weighted by molar-refractivity contribution is -0.139. The second-order valence-corrected chi connectivity index (χ2v) is 5.10. The predicted molar refractivity (Wildman–Crippen MR) is 68.3 cm³/mol. The standard InChI is InChI=1S/C14H20F3NO/c1-5-10(4)8-19-13-12(14(15,16)17)6-11(7-18-13)9(2)3/h6-7,9-10H,5,8H2,1-4H3. The van der Waals surface area contributed by atoms with Crippen LogP contribution in [-0.2, 0) is 6.18 Å². The van der Waals surface area contributed by atoms with Gasteiger partial charge >= 0.3 is 6.18 Å². The van der Waals surface area contributed by atoms with E-state index in [0.29, 0.717) is 5.56 Å². The molecule has 1 aromatic rings. The maximum Gasteiger partial charge on any atom is 0.421 e. The normalized spacial score (nSPS) is 13.7. The largest absolute Gasteiger partial charge is 0.477 e. The van der Waals surface area contributed by atoms with Gasteiger partial charge in [-0.25, -0.2) is 4.98 Å². The van der Waals surface area contributed by atoms with Crippen LogP contribution < -0.4 is 4.74 Å². The lowest BCUT2D eigenvalue weighted by Gasteiger charge is -2.17. The summed E-state index contributed by atoms with van der Waals surface area (Å²) in [4.78, 5) is 3.83. The molecule has 1 atom stereocenters. The third-order valence-electron chi connectivity index (χ3n) is 3.05. The van der Waals surface area contributed by atoms with Gasteiger partial charge in [0.05, 0.1) is 6.61 Å². The first kappa shape index (κ1) is 15.8. The number of nitrogens with zero attached hydrogens (tertiary/aromatic N) is 1. The summed E-state index contributed by atoms with van der Waals surface area (Å²) in [5.41, 5.74) is -0.231. The fourth-order valence-corrected chi connectivity index (χ4v) is 1.44. The molecule has 0 saturated heterocycles. The van der Waals surface area contributed by atoms with Crippen LogP contribution in [0.3, 0.4) is 0 Å². The Labute approximate surface area is 112 Å². The minimum Gasteiger partial charge on any atom is -0.477 e. The van der Waals surface area contributed by atoms with Crippen LogP contribution in [0.5, 0.6) is 5.88 Å². The average molecular weight is 275 g/mol. The lowest BCUT2D eigenvalue weighted by Crippen LogP contribution is -2.14. The van der Waals surface area contributed by atoms with Crippen LogP contribution in [0.15, 0.2) is 12.3 Å². The van der Waals surface area contributed by atoms with Gasteiger partial charge in [0, 0.05) is 6.20 Å². The summed E-state index contributed by atoms with van der Waals surface area (Å²) >= 11 is 0. The summed E-state index contributed by atoms with van der Waals surface area (Å²) in [6, 6.07) is 1.13. The molecule has 2 nitrogen and oxygen atoms in total. The fraction of sp³-hybridized carbons (Fsp3) is 0.643. The summed E-state index contributed by atoms with van der Waals surface area (Å²) < 4.78 is 44.2. The zero-order valence-electron chi connectivity index (χ0n) is 11.7. The van der Waals surface area contributed by atoms with E-state index in [1.54, 1.807) is 0 Å². The second-order valence-electron chi connectivity index (χ2n) is 5.10. The molecule has 19 heavy (non-hydrogen) atoms. The van der Waals surface area contributed by atoms with Crippen molar-refractivity contribution in [2.24, 2.45) is 5.92 Å². The van der Waals surface area contributed by atoms with E-state index in [4.69, 9.17) is 4.74 Å². The molecule has 0 aliphatic rings. The predicted octanol–water partition coefficient (Wildman–Crippen LogP) is 4.65. The van der Waals surface area contributed by atoms with Gasteiger partial charge in [-0.3, -0.25) is 0 Å². The van der Waals surface area contributed by atoms with Gasteiger partial charge < -0.3 is 4.74 Å². The van der Waals surface area contributed by atoms with Crippen molar-refractivity contribution in [2.45, 2.75) is 46.2 Å². The van der Waals surface area contributed by atoms with E-state index in [1.165, 1.54) is 6.20 Å². The molecule has 5 heteroatoms. The molecule has 0 fully saturated rings. The first-order chi connectivity index (χ1) is 8.75. The molecule has 1 heterocycles. The van der Waals surface area contributed by atoms with Crippen molar-refractivity contribution in [1.82, 2.24) is 4.98 Å². The number of hydrogen-bond acceptors (Lipinski definition) is 2. The van der Waals surface area contributed by atoms with Gasteiger partial charge in [0.2, 0.25) is 5.88 Å². The van der Waals surface area contributed by atoms with Gasteiger partial charge in [-0.2, -0.15) is 13.2 Å². The van der Waals surface area contributed by atoms with Crippen molar-refractivity contribution >= 4 is 0 Å². The molecule has 1 rings (SSSR count). The van der Waals surface area contributed by atoms with Crippen molar-refractivity contribution in [3.05, 3.63) is 23.4 Å². The van der Waals surface area contributed by atoms with E-state index in [-0.39, 0.29) is 24.3 Å². The molecule has 0 N–H and O–H groups in total. The Morgan fingerprint density at radius 2 is 1.89 bits per heavy atom. The maximum atomic E-state index is 13.0. The Balaban J connectivity index is 3.03. The van der Waals surface area contributed by atoms with Crippen LogP contribution in [0.1, 0.15) is 51.2 Å². The lowest BCUT2D eigenvalue weighted by atomic mass is 10.0. The molecule has 1 aromatic heterocycles. The third-order valence-corrected chi connectivity index (χ3v) is 3.05. The first-order valence-corrected chi connectivity index (χ1v) is 6.45. The summed E-state index contributed by atoms with van der Waals surface area (Å²) in [5, 5.41) is 0. The second kappa shape index (κ2) is 6.26. The summed E-state index contributed by atoms with van der Waals surface area (Å²) in [6.45, 7) is 7.80.